The van der Waals surface area contributed by atoms with Crippen LogP contribution in [0.3, 0.4) is 0 Å². The van der Waals surface area contributed by atoms with Gasteiger partial charge in [0.1, 0.15) is 0 Å². The minimum atomic E-state index is -0.128. The fraction of sp³-hybridized carbons (Fsp3) is 0.478. The number of nitrogens with zero attached hydrogens (tertiary/aromatic N) is 3. The lowest BCUT2D eigenvalue weighted by atomic mass is 9.97. The Kier molecular flexibility index (Phi) is 6.54. The van der Waals surface area contributed by atoms with Gasteiger partial charge in [-0.3, -0.25) is 14.7 Å². The first-order valence-corrected chi connectivity index (χ1v) is 10.4. The Balaban J connectivity index is 1.57. The molecule has 0 saturated carbocycles. The normalized spacial score (nSPS) is 23.1. The van der Waals surface area contributed by atoms with Gasteiger partial charge in [0, 0.05) is 38.6 Å². The van der Waals surface area contributed by atoms with Gasteiger partial charge in [0.25, 0.3) is 0 Å². The number of ether oxygens (including phenoxy) is 2. The maximum Gasteiger partial charge on any atom is 0.227 e. The molecule has 0 aliphatic carbocycles. The molecule has 1 amide bonds. The molecule has 2 aliphatic rings. The van der Waals surface area contributed by atoms with Gasteiger partial charge in [-0.25, -0.2) is 0 Å². The SMILES string of the molecule is Cc1ccccc1CC(=O)N1CCO[C@@H](CN2CCOCC2)[C@@H]1c1cccnc1. The van der Waals surface area contributed by atoms with E-state index in [1.165, 1.54) is 0 Å². The molecule has 6 heteroatoms. The number of morpholine rings is 2. The van der Waals surface area contributed by atoms with Gasteiger partial charge in [0.2, 0.25) is 5.91 Å². The average Bonchev–Trinajstić information content (AvgIpc) is 2.76. The van der Waals surface area contributed by atoms with E-state index in [1.807, 2.05) is 41.4 Å². The largest absolute Gasteiger partial charge is 0.379 e. The molecule has 2 atom stereocenters. The third kappa shape index (κ3) is 4.83. The number of aryl methyl sites for hydroxylation is 1. The van der Waals surface area contributed by atoms with Gasteiger partial charge in [-0.1, -0.05) is 30.3 Å². The van der Waals surface area contributed by atoms with Crippen LogP contribution in [0, 0.1) is 6.92 Å². The fourth-order valence-electron chi connectivity index (χ4n) is 4.22. The average molecular weight is 396 g/mol. The zero-order chi connectivity index (χ0) is 20.1. The van der Waals surface area contributed by atoms with Crippen molar-refractivity contribution in [2.75, 3.05) is 46.0 Å². The summed E-state index contributed by atoms with van der Waals surface area (Å²) in [5.41, 5.74) is 3.26. The van der Waals surface area contributed by atoms with Crippen LogP contribution in [-0.4, -0.2) is 72.8 Å². The van der Waals surface area contributed by atoms with E-state index in [0.717, 1.165) is 49.5 Å². The molecule has 3 heterocycles. The van der Waals surface area contributed by atoms with E-state index in [4.69, 9.17) is 9.47 Å². The Morgan fingerprint density at radius 2 is 1.93 bits per heavy atom. The highest BCUT2D eigenvalue weighted by molar-refractivity contribution is 5.79. The molecule has 6 nitrogen and oxygen atoms in total. The van der Waals surface area contributed by atoms with Crippen LogP contribution in [0.15, 0.2) is 48.8 Å². The quantitative estimate of drug-likeness (QED) is 0.777. The maximum atomic E-state index is 13.4. The molecular weight excluding hydrogens is 366 g/mol. The molecule has 1 aromatic carbocycles. The summed E-state index contributed by atoms with van der Waals surface area (Å²) in [5.74, 6) is 0.142. The van der Waals surface area contributed by atoms with E-state index in [-0.39, 0.29) is 18.1 Å². The minimum Gasteiger partial charge on any atom is -0.379 e. The summed E-state index contributed by atoms with van der Waals surface area (Å²) in [5, 5.41) is 0. The monoisotopic (exact) mass is 395 g/mol. The van der Waals surface area contributed by atoms with Gasteiger partial charge in [-0.15, -0.1) is 0 Å². The molecule has 0 unspecified atom stereocenters. The zero-order valence-electron chi connectivity index (χ0n) is 17.0. The first-order chi connectivity index (χ1) is 14.2. The van der Waals surface area contributed by atoms with Gasteiger partial charge in [-0.05, 0) is 29.7 Å². The van der Waals surface area contributed by atoms with Crippen molar-refractivity contribution in [1.82, 2.24) is 14.8 Å². The van der Waals surface area contributed by atoms with Crippen LogP contribution < -0.4 is 0 Å². The number of rotatable bonds is 5. The van der Waals surface area contributed by atoms with E-state index in [9.17, 15) is 4.79 Å². The van der Waals surface area contributed by atoms with Crippen molar-refractivity contribution >= 4 is 5.91 Å². The Bertz CT molecular complexity index is 808. The van der Waals surface area contributed by atoms with Crippen LogP contribution in [0.25, 0.3) is 0 Å². The molecule has 29 heavy (non-hydrogen) atoms. The Hall–Kier alpha value is -2.28. The summed E-state index contributed by atoms with van der Waals surface area (Å²) < 4.78 is 11.7. The lowest BCUT2D eigenvalue weighted by Gasteiger charge is -2.43. The van der Waals surface area contributed by atoms with E-state index < -0.39 is 0 Å². The predicted molar refractivity (Wildman–Crippen MR) is 111 cm³/mol. The fourth-order valence-corrected chi connectivity index (χ4v) is 4.22. The van der Waals surface area contributed by atoms with Crippen LogP contribution in [0.2, 0.25) is 0 Å². The molecule has 1 aromatic heterocycles. The van der Waals surface area contributed by atoms with Crippen LogP contribution in [0.5, 0.6) is 0 Å². The predicted octanol–water partition coefficient (Wildman–Crippen LogP) is 2.23. The summed E-state index contributed by atoms with van der Waals surface area (Å²) in [6.45, 7) is 7.31. The van der Waals surface area contributed by atoms with Crippen molar-refractivity contribution in [3.8, 4) is 0 Å². The highest BCUT2D eigenvalue weighted by Gasteiger charge is 2.37. The maximum absolute atomic E-state index is 13.4. The molecule has 2 aromatic rings. The number of carbonyl (C=O) groups is 1. The number of hydrogen-bond donors (Lipinski definition) is 0. The van der Waals surface area contributed by atoms with Crippen molar-refractivity contribution in [3.63, 3.8) is 0 Å². The van der Waals surface area contributed by atoms with E-state index >= 15 is 0 Å². The first-order valence-electron chi connectivity index (χ1n) is 10.4. The van der Waals surface area contributed by atoms with Crippen LogP contribution in [0.4, 0.5) is 0 Å². The summed E-state index contributed by atoms with van der Waals surface area (Å²) in [6.07, 6.45) is 3.96. The molecule has 0 spiro atoms. The second kappa shape index (κ2) is 9.48. The standard InChI is InChI=1S/C23H29N3O3/c1-18-5-2-3-6-19(18)15-22(27)26-11-14-29-21(17-25-9-12-28-13-10-25)23(26)20-7-4-8-24-16-20/h2-8,16,21,23H,9-15,17H2,1H3/t21-,23-/m0/s1. The number of carbonyl (C=O) groups excluding carboxylic acids is 1. The summed E-state index contributed by atoms with van der Waals surface area (Å²) in [4.78, 5) is 22.0. The zero-order valence-corrected chi connectivity index (χ0v) is 17.0. The Morgan fingerprint density at radius 3 is 2.69 bits per heavy atom. The Morgan fingerprint density at radius 1 is 1.10 bits per heavy atom. The molecular formula is C23H29N3O3. The minimum absolute atomic E-state index is 0.0770. The molecule has 154 valence electrons. The number of hydrogen-bond acceptors (Lipinski definition) is 5. The molecule has 0 bridgehead atoms. The topological polar surface area (TPSA) is 54.9 Å². The molecule has 0 N–H and O–H groups in total. The van der Waals surface area contributed by atoms with Gasteiger partial charge in [0.15, 0.2) is 0 Å². The highest BCUT2D eigenvalue weighted by Crippen LogP contribution is 2.31. The lowest BCUT2D eigenvalue weighted by Crippen LogP contribution is -2.53. The lowest BCUT2D eigenvalue weighted by molar-refractivity contribution is -0.148. The van der Waals surface area contributed by atoms with Crippen LogP contribution in [0.1, 0.15) is 22.7 Å². The third-order valence-corrected chi connectivity index (χ3v) is 5.84. The molecule has 0 radical (unpaired) electrons. The third-order valence-electron chi connectivity index (χ3n) is 5.84. The Labute approximate surface area is 172 Å². The van der Waals surface area contributed by atoms with Crippen molar-refractivity contribution < 1.29 is 14.3 Å². The summed E-state index contributed by atoms with van der Waals surface area (Å²) in [7, 11) is 0. The van der Waals surface area contributed by atoms with Gasteiger partial charge < -0.3 is 14.4 Å². The number of benzene rings is 1. The molecule has 2 fully saturated rings. The summed E-state index contributed by atoms with van der Waals surface area (Å²) >= 11 is 0. The smallest absolute Gasteiger partial charge is 0.227 e. The van der Waals surface area contributed by atoms with E-state index in [0.29, 0.717) is 19.6 Å². The second-order valence-corrected chi connectivity index (χ2v) is 7.74. The van der Waals surface area contributed by atoms with Crippen LogP contribution in [-0.2, 0) is 20.7 Å². The van der Waals surface area contributed by atoms with Crippen molar-refractivity contribution in [3.05, 3.63) is 65.5 Å². The summed E-state index contributed by atoms with van der Waals surface area (Å²) in [6, 6.07) is 12.0. The number of amides is 1. The number of aromatic nitrogens is 1. The van der Waals surface area contributed by atoms with Gasteiger partial charge >= 0.3 is 0 Å². The molecule has 2 aliphatic heterocycles. The van der Waals surface area contributed by atoms with Crippen molar-refractivity contribution in [1.29, 1.82) is 0 Å². The van der Waals surface area contributed by atoms with Gasteiger partial charge in [0.05, 0.1) is 38.4 Å². The number of pyridine rings is 1. The van der Waals surface area contributed by atoms with E-state index in [2.05, 4.69) is 22.9 Å². The highest BCUT2D eigenvalue weighted by atomic mass is 16.5. The van der Waals surface area contributed by atoms with Crippen molar-refractivity contribution in [2.24, 2.45) is 0 Å². The molecule has 4 rings (SSSR count). The molecule has 2 saturated heterocycles. The van der Waals surface area contributed by atoms with Gasteiger partial charge in [-0.2, -0.15) is 0 Å². The first kappa shape index (κ1) is 20.0. The van der Waals surface area contributed by atoms with E-state index in [1.54, 1.807) is 6.20 Å². The van der Waals surface area contributed by atoms with Crippen LogP contribution >= 0.6 is 0 Å². The van der Waals surface area contributed by atoms with Crippen molar-refractivity contribution in [2.45, 2.75) is 25.5 Å². The second-order valence-electron chi connectivity index (χ2n) is 7.74.